The monoisotopic (exact) mass is 274 g/mol. The number of aromatic nitrogens is 2. The van der Waals surface area contributed by atoms with Crippen molar-refractivity contribution < 1.29 is 4.74 Å². The summed E-state index contributed by atoms with van der Waals surface area (Å²) in [5.74, 6) is 0. The van der Waals surface area contributed by atoms with E-state index < -0.39 is 0 Å². The van der Waals surface area contributed by atoms with Crippen LogP contribution in [-0.4, -0.2) is 49.0 Å². The van der Waals surface area contributed by atoms with Crippen molar-refractivity contribution in [3.63, 3.8) is 0 Å². The van der Waals surface area contributed by atoms with Gasteiger partial charge in [0, 0.05) is 26.3 Å². The Labute approximate surface area is 114 Å². The molecule has 0 radical (unpaired) electrons. The fraction of sp³-hybridized carbons (Fsp3) is 0.750. The molecule has 104 valence electrons. The van der Waals surface area contributed by atoms with Crippen molar-refractivity contribution >= 4 is 11.6 Å². The summed E-state index contributed by atoms with van der Waals surface area (Å²) in [5.41, 5.74) is 7.10. The molecule has 0 aliphatic rings. The van der Waals surface area contributed by atoms with Crippen LogP contribution in [0.2, 0.25) is 5.02 Å². The molecule has 5 nitrogen and oxygen atoms in total. The van der Waals surface area contributed by atoms with E-state index in [-0.39, 0.29) is 6.04 Å². The average molecular weight is 275 g/mol. The van der Waals surface area contributed by atoms with Gasteiger partial charge in [0.1, 0.15) is 0 Å². The molecular weight excluding hydrogens is 252 g/mol. The zero-order chi connectivity index (χ0) is 13.5. The van der Waals surface area contributed by atoms with E-state index in [9.17, 15) is 0 Å². The number of rotatable bonds is 8. The molecule has 0 amide bonds. The van der Waals surface area contributed by atoms with Gasteiger partial charge in [-0.1, -0.05) is 11.6 Å². The average Bonchev–Trinajstić information content (AvgIpc) is 2.68. The van der Waals surface area contributed by atoms with E-state index in [1.54, 1.807) is 13.3 Å². The topological polar surface area (TPSA) is 56.3 Å². The highest BCUT2D eigenvalue weighted by molar-refractivity contribution is 6.31. The van der Waals surface area contributed by atoms with E-state index in [1.165, 1.54) is 0 Å². The fourth-order valence-corrected chi connectivity index (χ4v) is 2.08. The largest absolute Gasteiger partial charge is 0.385 e. The third-order valence-corrected chi connectivity index (χ3v) is 3.10. The summed E-state index contributed by atoms with van der Waals surface area (Å²) < 4.78 is 6.93. The van der Waals surface area contributed by atoms with Crippen molar-refractivity contribution in [2.24, 2.45) is 5.73 Å². The fourth-order valence-electron chi connectivity index (χ4n) is 1.80. The van der Waals surface area contributed by atoms with Crippen LogP contribution in [0, 0.1) is 0 Å². The second kappa shape index (κ2) is 7.74. The number of halogens is 1. The Bertz CT molecular complexity index is 354. The van der Waals surface area contributed by atoms with Gasteiger partial charge in [0.25, 0.3) is 0 Å². The molecule has 0 spiro atoms. The van der Waals surface area contributed by atoms with Crippen molar-refractivity contribution in [3.8, 4) is 0 Å². The molecule has 18 heavy (non-hydrogen) atoms. The molecule has 1 aromatic rings. The number of hydrogen-bond acceptors (Lipinski definition) is 4. The minimum atomic E-state index is -0.0858. The summed E-state index contributed by atoms with van der Waals surface area (Å²) >= 11 is 6.16. The quantitative estimate of drug-likeness (QED) is 0.731. The Hall–Kier alpha value is -0.620. The summed E-state index contributed by atoms with van der Waals surface area (Å²) in [6.45, 7) is 2.43. The first kappa shape index (κ1) is 15.4. The lowest BCUT2D eigenvalue weighted by Crippen LogP contribution is -2.23. The number of methoxy groups -OCH3 is 1. The van der Waals surface area contributed by atoms with Gasteiger partial charge >= 0.3 is 0 Å². The highest BCUT2D eigenvalue weighted by Gasteiger charge is 2.16. The summed E-state index contributed by atoms with van der Waals surface area (Å²) in [4.78, 5) is 2.11. The third kappa shape index (κ3) is 4.57. The van der Waals surface area contributed by atoms with Gasteiger partial charge in [-0.2, -0.15) is 5.10 Å². The maximum absolute atomic E-state index is 6.17. The van der Waals surface area contributed by atoms with Crippen LogP contribution in [0.5, 0.6) is 0 Å². The molecular formula is C12H23ClN4O. The van der Waals surface area contributed by atoms with Gasteiger partial charge in [-0.25, -0.2) is 0 Å². The molecule has 0 saturated heterocycles. The molecule has 0 aromatic carbocycles. The number of nitrogens with two attached hydrogens (primary N) is 1. The number of nitrogens with zero attached hydrogens (tertiary/aromatic N) is 3. The van der Waals surface area contributed by atoms with E-state index in [4.69, 9.17) is 22.1 Å². The Kier molecular flexibility index (Phi) is 6.63. The molecule has 6 heteroatoms. The molecule has 0 bridgehead atoms. The molecule has 0 fully saturated rings. The highest BCUT2D eigenvalue weighted by atomic mass is 35.5. The molecule has 0 aliphatic heterocycles. The Morgan fingerprint density at radius 1 is 1.56 bits per heavy atom. The van der Waals surface area contributed by atoms with Crippen LogP contribution in [0.3, 0.4) is 0 Å². The number of likely N-dealkylation sites (N-methyl/N-ethyl adjacent to an activating group) is 1. The first-order chi connectivity index (χ1) is 8.56. The molecule has 0 saturated carbocycles. The van der Waals surface area contributed by atoms with Crippen LogP contribution >= 0.6 is 11.6 Å². The molecule has 1 atom stereocenters. The smallest absolute Gasteiger partial charge is 0.0834 e. The third-order valence-electron chi connectivity index (χ3n) is 2.81. The lowest BCUT2D eigenvalue weighted by molar-refractivity contribution is 0.190. The van der Waals surface area contributed by atoms with Gasteiger partial charge in [0.05, 0.1) is 23.5 Å². The van der Waals surface area contributed by atoms with E-state index in [0.717, 1.165) is 38.2 Å². The van der Waals surface area contributed by atoms with E-state index in [1.807, 2.05) is 18.8 Å². The van der Waals surface area contributed by atoms with E-state index >= 15 is 0 Å². The first-order valence-corrected chi connectivity index (χ1v) is 6.54. The molecule has 1 unspecified atom stereocenters. The SMILES string of the molecule is COCCCC(N)c1c(Cl)cnn1CCN(C)C. The summed E-state index contributed by atoms with van der Waals surface area (Å²) in [6.07, 6.45) is 3.44. The first-order valence-electron chi connectivity index (χ1n) is 6.16. The second-order valence-corrected chi connectivity index (χ2v) is 5.05. The van der Waals surface area contributed by atoms with Crippen molar-refractivity contribution in [2.75, 3.05) is 34.4 Å². The van der Waals surface area contributed by atoms with E-state index in [0.29, 0.717) is 5.02 Å². The number of ether oxygens (including phenoxy) is 1. The van der Waals surface area contributed by atoms with Crippen molar-refractivity contribution in [3.05, 3.63) is 16.9 Å². The highest BCUT2D eigenvalue weighted by Crippen LogP contribution is 2.24. The Balaban J connectivity index is 2.64. The molecule has 1 aromatic heterocycles. The van der Waals surface area contributed by atoms with Gasteiger partial charge in [-0.3, -0.25) is 4.68 Å². The molecule has 1 heterocycles. The van der Waals surface area contributed by atoms with Crippen LogP contribution in [0.15, 0.2) is 6.20 Å². The van der Waals surface area contributed by atoms with Gasteiger partial charge < -0.3 is 15.4 Å². The van der Waals surface area contributed by atoms with Crippen molar-refractivity contribution in [2.45, 2.75) is 25.4 Å². The standard InChI is InChI=1S/C12H23ClN4O/c1-16(2)6-7-17-12(10(13)9-15-17)11(14)5-4-8-18-3/h9,11H,4-8,14H2,1-3H3. The van der Waals surface area contributed by atoms with Gasteiger partial charge in [0.15, 0.2) is 0 Å². The van der Waals surface area contributed by atoms with Gasteiger partial charge in [0.2, 0.25) is 0 Å². The Morgan fingerprint density at radius 2 is 2.28 bits per heavy atom. The number of hydrogen-bond donors (Lipinski definition) is 1. The van der Waals surface area contributed by atoms with Gasteiger partial charge in [-0.05, 0) is 26.9 Å². The zero-order valence-electron chi connectivity index (χ0n) is 11.4. The predicted octanol–water partition coefficient (Wildman–Crippen LogP) is 1.52. The molecule has 1 rings (SSSR count). The van der Waals surface area contributed by atoms with Crippen LogP contribution in [0.4, 0.5) is 0 Å². The van der Waals surface area contributed by atoms with Crippen LogP contribution in [0.25, 0.3) is 0 Å². The van der Waals surface area contributed by atoms with Gasteiger partial charge in [-0.15, -0.1) is 0 Å². The van der Waals surface area contributed by atoms with Crippen LogP contribution in [-0.2, 0) is 11.3 Å². The zero-order valence-corrected chi connectivity index (χ0v) is 12.2. The second-order valence-electron chi connectivity index (χ2n) is 4.65. The lowest BCUT2D eigenvalue weighted by atomic mass is 10.1. The minimum absolute atomic E-state index is 0.0858. The van der Waals surface area contributed by atoms with E-state index in [2.05, 4.69) is 10.00 Å². The summed E-state index contributed by atoms with van der Waals surface area (Å²) in [6, 6.07) is -0.0858. The predicted molar refractivity (Wildman–Crippen MR) is 73.8 cm³/mol. The minimum Gasteiger partial charge on any atom is -0.385 e. The van der Waals surface area contributed by atoms with Crippen molar-refractivity contribution in [1.82, 2.24) is 14.7 Å². The maximum Gasteiger partial charge on any atom is 0.0834 e. The lowest BCUT2D eigenvalue weighted by Gasteiger charge is -2.16. The molecule has 0 aliphatic carbocycles. The van der Waals surface area contributed by atoms with Crippen LogP contribution < -0.4 is 5.73 Å². The Morgan fingerprint density at radius 3 is 2.89 bits per heavy atom. The molecule has 2 N–H and O–H groups in total. The maximum atomic E-state index is 6.17. The van der Waals surface area contributed by atoms with Crippen LogP contribution in [0.1, 0.15) is 24.6 Å². The summed E-state index contributed by atoms with van der Waals surface area (Å²) in [5, 5.41) is 4.94. The normalized spacial score (nSPS) is 13.2. The van der Waals surface area contributed by atoms with Crippen molar-refractivity contribution in [1.29, 1.82) is 0 Å². The summed E-state index contributed by atoms with van der Waals surface area (Å²) in [7, 11) is 5.76.